The van der Waals surface area contributed by atoms with E-state index in [1.165, 1.54) is 0 Å². The molecule has 1 atom stereocenters. The number of nitrogens with one attached hydrogen (secondary N) is 1. The number of amides is 1. The fourth-order valence-corrected chi connectivity index (χ4v) is 2.76. The van der Waals surface area contributed by atoms with Crippen molar-refractivity contribution >= 4 is 17.5 Å². The lowest BCUT2D eigenvalue weighted by Crippen LogP contribution is -2.41. The van der Waals surface area contributed by atoms with E-state index in [9.17, 15) is 4.79 Å². The van der Waals surface area contributed by atoms with Gasteiger partial charge in [-0.1, -0.05) is 23.7 Å². The Morgan fingerprint density at radius 1 is 1.53 bits per heavy atom. The molecule has 3 nitrogen and oxygen atoms in total. The molecule has 1 aliphatic heterocycles. The lowest BCUT2D eigenvalue weighted by molar-refractivity contribution is -0.126. The maximum atomic E-state index is 12.0. The molecule has 4 heteroatoms. The minimum Gasteiger partial charge on any atom is -0.355 e. The first-order valence-corrected chi connectivity index (χ1v) is 7.23. The van der Waals surface area contributed by atoms with Crippen molar-refractivity contribution in [3.8, 4) is 0 Å². The van der Waals surface area contributed by atoms with Crippen LogP contribution < -0.4 is 5.32 Å². The van der Waals surface area contributed by atoms with Gasteiger partial charge in [0.1, 0.15) is 0 Å². The molecule has 0 spiro atoms. The third-order valence-corrected chi connectivity index (χ3v) is 3.83. The second kappa shape index (κ2) is 6.92. The molecule has 0 radical (unpaired) electrons. The average molecular weight is 281 g/mol. The van der Waals surface area contributed by atoms with Crippen molar-refractivity contribution < 1.29 is 4.79 Å². The molecule has 0 bridgehead atoms. The minimum atomic E-state index is 0.151. The summed E-state index contributed by atoms with van der Waals surface area (Å²) in [5, 5.41) is 3.78. The van der Waals surface area contributed by atoms with Crippen LogP contribution in [0.1, 0.15) is 18.4 Å². The molecule has 1 saturated heterocycles. The summed E-state index contributed by atoms with van der Waals surface area (Å²) in [4.78, 5) is 14.3. The molecule has 104 valence electrons. The molecule has 1 N–H and O–H groups in total. The molecule has 0 saturated carbocycles. The molecule has 1 aromatic carbocycles. The zero-order chi connectivity index (χ0) is 13.7. The van der Waals surface area contributed by atoms with Crippen molar-refractivity contribution in [2.75, 3.05) is 26.7 Å². The number of halogens is 1. The lowest BCUT2D eigenvalue weighted by Gasteiger charge is -2.28. The maximum absolute atomic E-state index is 12.0. The molecule has 1 heterocycles. The highest BCUT2D eigenvalue weighted by Crippen LogP contribution is 2.15. The number of piperidine rings is 1. The molecular weight excluding hydrogens is 260 g/mol. The standard InChI is InChI=1S/C15H21ClN2O/c1-18-9-3-5-13(11-18)15(19)17-8-7-12-4-2-6-14(16)10-12/h2,4,6,10,13H,3,5,7-9,11H2,1H3,(H,17,19). The number of benzene rings is 1. The number of carbonyl (C=O) groups excluding carboxylic acids is 1. The first-order chi connectivity index (χ1) is 9.15. The number of likely N-dealkylation sites (tertiary alicyclic amines) is 1. The van der Waals surface area contributed by atoms with Crippen LogP contribution in [0, 0.1) is 5.92 Å². The van der Waals surface area contributed by atoms with Crippen LogP contribution in [0.3, 0.4) is 0 Å². The van der Waals surface area contributed by atoms with Crippen LogP contribution in [0.4, 0.5) is 0 Å². The van der Waals surface area contributed by atoms with Crippen LogP contribution in [-0.2, 0) is 11.2 Å². The van der Waals surface area contributed by atoms with Gasteiger partial charge in [0.25, 0.3) is 0 Å². The second-order valence-electron chi connectivity index (χ2n) is 5.27. The van der Waals surface area contributed by atoms with Crippen molar-refractivity contribution in [3.05, 3.63) is 34.9 Å². The third kappa shape index (κ3) is 4.51. The molecule has 1 aromatic rings. The Morgan fingerprint density at radius 2 is 2.37 bits per heavy atom. The molecule has 1 aliphatic rings. The SMILES string of the molecule is CN1CCCC(C(=O)NCCc2cccc(Cl)c2)C1. The van der Waals surface area contributed by atoms with Gasteiger partial charge in [0.05, 0.1) is 5.92 Å². The Hall–Kier alpha value is -1.06. The van der Waals surface area contributed by atoms with Gasteiger partial charge in [0.15, 0.2) is 0 Å². The molecule has 19 heavy (non-hydrogen) atoms. The predicted molar refractivity (Wildman–Crippen MR) is 78.4 cm³/mol. The summed E-state index contributed by atoms with van der Waals surface area (Å²) < 4.78 is 0. The molecule has 1 amide bonds. The average Bonchev–Trinajstić information content (AvgIpc) is 2.38. The van der Waals surface area contributed by atoms with Crippen LogP contribution in [0.25, 0.3) is 0 Å². The highest BCUT2D eigenvalue weighted by Gasteiger charge is 2.23. The molecule has 0 aliphatic carbocycles. The van der Waals surface area contributed by atoms with Crippen molar-refractivity contribution in [2.45, 2.75) is 19.3 Å². The van der Waals surface area contributed by atoms with Crippen molar-refractivity contribution in [1.29, 1.82) is 0 Å². The minimum absolute atomic E-state index is 0.151. The van der Waals surface area contributed by atoms with E-state index in [2.05, 4.69) is 17.3 Å². The normalized spacial score (nSPS) is 20.2. The second-order valence-corrected chi connectivity index (χ2v) is 5.71. The predicted octanol–water partition coefficient (Wildman–Crippen LogP) is 2.34. The van der Waals surface area contributed by atoms with E-state index in [1.807, 2.05) is 24.3 Å². The summed E-state index contributed by atoms with van der Waals surface area (Å²) >= 11 is 5.93. The molecule has 1 fully saturated rings. The monoisotopic (exact) mass is 280 g/mol. The fourth-order valence-electron chi connectivity index (χ4n) is 2.55. The Labute approximate surface area is 119 Å². The third-order valence-electron chi connectivity index (χ3n) is 3.60. The lowest BCUT2D eigenvalue weighted by atomic mass is 9.97. The van der Waals surface area contributed by atoms with Gasteiger partial charge >= 0.3 is 0 Å². The van der Waals surface area contributed by atoms with Gasteiger partial charge in [0.2, 0.25) is 5.91 Å². The Bertz CT molecular complexity index is 436. The van der Waals surface area contributed by atoms with E-state index in [0.29, 0.717) is 6.54 Å². The quantitative estimate of drug-likeness (QED) is 0.918. The summed E-state index contributed by atoms with van der Waals surface area (Å²) in [6, 6.07) is 7.78. The number of nitrogens with zero attached hydrogens (tertiary/aromatic N) is 1. The summed E-state index contributed by atoms with van der Waals surface area (Å²) in [6.45, 7) is 2.66. The summed E-state index contributed by atoms with van der Waals surface area (Å²) in [7, 11) is 2.07. The van der Waals surface area contributed by atoms with E-state index >= 15 is 0 Å². The van der Waals surface area contributed by atoms with Gasteiger partial charge in [-0.2, -0.15) is 0 Å². The topological polar surface area (TPSA) is 32.3 Å². The van der Waals surface area contributed by atoms with E-state index in [4.69, 9.17) is 11.6 Å². The molecule has 2 rings (SSSR count). The van der Waals surface area contributed by atoms with Gasteiger partial charge in [-0.25, -0.2) is 0 Å². The number of hydrogen-bond donors (Lipinski definition) is 1. The Balaban J connectivity index is 1.74. The van der Waals surface area contributed by atoms with Gasteiger partial charge in [-0.3, -0.25) is 4.79 Å². The number of carbonyl (C=O) groups is 1. The Kier molecular flexibility index (Phi) is 5.23. The van der Waals surface area contributed by atoms with Gasteiger partial charge in [0, 0.05) is 18.1 Å². The summed E-state index contributed by atoms with van der Waals surface area (Å²) in [5.41, 5.74) is 1.16. The number of hydrogen-bond acceptors (Lipinski definition) is 2. The molecule has 1 unspecified atom stereocenters. The zero-order valence-corrected chi connectivity index (χ0v) is 12.1. The van der Waals surface area contributed by atoms with E-state index in [-0.39, 0.29) is 11.8 Å². The first-order valence-electron chi connectivity index (χ1n) is 6.86. The highest BCUT2D eigenvalue weighted by molar-refractivity contribution is 6.30. The van der Waals surface area contributed by atoms with Crippen LogP contribution in [0.5, 0.6) is 0 Å². The zero-order valence-electron chi connectivity index (χ0n) is 11.4. The maximum Gasteiger partial charge on any atom is 0.224 e. The van der Waals surface area contributed by atoms with Crippen molar-refractivity contribution in [3.63, 3.8) is 0 Å². The largest absolute Gasteiger partial charge is 0.355 e. The van der Waals surface area contributed by atoms with Gasteiger partial charge in [-0.15, -0.1) is 0 Å². The van der Waals surface area contributed by atoms with Crippen LogP contribution in [-0.4, -0.2) is 37.5 Å². The fraction of sp³-hybridized carbons (Fsp3) is 0.533. The smallest absolute Gasteiger partial charge is 0.224 e. The van der Waals surface area contributed by atoms with E-state index in [0.717, 1.165) is 42.9 Å². The summed E-state index contributed by atoms with van der Waals surface area (Å²) in [6.07, 6.45) is 2.95. The first kappa shape index (κ1) is 14.4. The van der Waals surface area contributed by atoms with Gasteiger partial charge < -0.3 is 10.2 Å². The van der Waals surface area contributed by atoms with Crippen LogP contribution in [0.2, 0.25) is 5.02 Å². The van der Waals surface area contributed by atoms with Crippen molar-refractivity contribution in [2.24, 2.45) is 5.92 Å². The van der Waals surface area contributed by atoms with Crippen LogP contribution in [0.15, 0.2) is 24.3 Å². The van der Waals surface area contributed by atoms with Crippen molar-refractivity contribution in [1.82, 2.24) is 10.2 Å². The molecular formula is C15H21ClN2O. The van der Waals surface area contributed by atoms with E-state index in [1.54, 1.807) is 0 Å². The highest BCUT2D eigenvalue weighted by atomic mass is 35.5. The van der Waals surface area contributed by atoms with Crippen LogP contribution >= 0.6 is 11.6 Å². The van der Waals surface area contributed by atoms with Gasteiger partial charge in [-0.05, 0) is 50.6 Å². The molecule has 0 aromatic heterocycles. The summed E-state index contributed by atoms with van der Waals surface area (Å²) in [5.74, 6) is 0.340. The number of rotatable bonds is 4. The Morgan fingerprint density at radius 3 is 3.11 bits per heavy atom. The van der Waals surface area contributed by atoms with E-state index < -0.39 is 0 Å².